The molecule has 0 bridgehead atoms. The summed E-state index contributed by atoms with van der Waals surface area (Å²) in [5.74, 6) is 0.231. The molecule has 0 radical (unpaired) electrons. The Hall–Kier alpha value is -3.27. The minimum absolute atomic E-state index is 0.0666. The van der Waals surface area contributed by atoms with Gasteiger partial charge < -0.3 is 19.7 Å². The van der Waals surface area contributed by atoms with Crippen molar-refractivity contribution in [3.05, 3.63) is 54.1 Å². The molecular weight excluding hydrogens is 470 g/mol. The van der Waals surface area contributed by atoms with E-state index in [2.05, 4.69) is 5.32 Å². The van der Waals surface area contributed by atoms with Gasteiger partial charge >= 0.3 is 0 Å². The molecule has 0 aliphatic carbocycles. The number of sulfonamides is 1. The maximum absolute atomic E-state index is 13.6. The Bertz CT molecular complexity index is 1120. The summed E-state index contributed by atoms with van der Waals surface area (Å²) in [7, 11) is -0.796. The first-order valence-corrected chi connectivity index (χ1v) is 13.2. The van der Waals surface area contributed by atoms with Crippen molar-refractivity contribution in [3.8, 4) is 11.5 Å². The van der Waals surface area contributed by atoms with E-state index in [4.69, 9.17) is 9.47 Å². The summed E-state index contributed by atoms with van der Waals surface area (Å²) in [6.45, 7) is 5.09. The molecule has 2 atom stereocenters. The van der Waals surface area contributed by atoms with Crippen LogP contribution in [0.1, 0.15) is 32.8 Å². The molecule has 0 unspecified atom stereocenters. The Morgan fingerprint density at radius 1 is 1.00 bits per heavy atom. The van der Waals surface area contributed by atoms with E-state index in [-0.39, 0.29) is 18.5 Å². The maximum Gasteiger partial charge on any atom is 0.244 e. The fraction of sp³-hybridized carbons (Fsp3) is 0.440. The van der Waals surface area contributed by atoms with E-state index in [1.54, 1.807) is 56.5 Å². The molecule has 0 aromatic heterocycles. The van der Waals surface area contributed by atoms with E-state index in [0.29, 0.717) is 17.2 Å². The van der Waals surface area contributed by atoms with Crippen LogP contribution < -0.4 is 19.1 Å². The van der Waals surface area contributed by atoms with Crippen molar-refractivity contribution in [1.29, 1.82) is 0 Å². The second kappa shape index (κ2) is 12.4. The molecule has 0 fully saturated rings. The molecule has 192 valence electrons. The number of hydrogen-bond acceptors (Lipinski definition) is 6. The van der Waals surface area contributed by atoms with Gasteiger partial charge in [0.25, 0.3) is 0 Å². The van der Waals surface area contributed by atoms with Crippen LogP contribution in [0.25, 0.3) is 0 Å². The number of methoxy groups -OCH3 is 2. The lowest BCUT2D eigenvalue weighted by atomic mass is 10.1. The minimum Gasteiger partial charge on any atom is -0.497 e. The molecule has 35 heavy (non-hydrogen) atoms. The molecule has 2 aromatic rings. The molecule has 1 N–H and O–H groups in total. The van der Waals surface area contributed by atoms with E-state index < -0.39 is 28.5 Å². The first kappa shape index (κ1) is 28.0. The molecule has 0 aliphatic rings. The Kier molecular flexibility index (Phi) is 9.94. The number of carbonyl (C=O) groups excluding carboxylic acids is 2. The summed E-state index contributed by atoms with van der Waals surface area (Å²) in [5.41, 5.74) is 1.03. The standard InChI is InChI=1S/C25H35N3O6S/c1-7-18(2)26-25(30)19(3)27(16-20-10-8-12-22(14-20)33-4)24(29)17-28(35(6,31)32)21-11-9-13-23(15-21)34-5/h8-15,18-19H,7,16-17H2,1-6H3,(H,26,30)/t18-,19+/m1/s1. The Morgan fingerprint density at radius 2 is 1.60 bits per heavy atom. The SMILES string of the molecule is CC[C@@H](C)NC(=O)[C@H](C)N(Cc1cccc(OC)c1)C(=O)CN(c1cccc(OC)c1)S(C)(=O)=O. The number of carbonyl (C=O) groups is 2. The predicted molar refractivity (Wildman–Crippen MR) is 136 cm³/mol. The quantitative estimate of drug-likeness (QED) is 0.476. The number of rotatable bonds is 12. The summed E-state index contributed by atoms with van der Waals surface area (Å²) in [6.07, 6.45) is 1.77. The van der Waals surface area contributed by atoms with Crippen LogP contribution in [0.15, 0.2) is 48.5 Å². The van der Waals surface area contributed by atoms with Gasteiger partial charge in [0.15, 0.2) is 0 Å². The van der Waals surface area contributed by atoms with E-state index in [1.807, 2.05) is 19.9 Å². The summed E-state index contributed by atoms with van der Waals surface area (Å²) in [5, 5.41) is 2.90. The summed E-state index contributed by atoms with van der Waals surface area (Å²) < 4.78 is 36.8. The molecule has 10 heteroatoms. The molecule has 0 heterocycles. The Labute approximate surface area is 208 Å². The number of nitrogens with zero attached hydrogens (tertiary/aromatic N) is 2. The van der Waals surface area contributed by atoms with Gasteiger partial charge in [0.05, 0.1) is 26.2 Å². The zero-order valence-electron chi connectivity index (χ0n) is 21.1. The van der Waals surface area contributed by atoms with E-state index in [9.17, 15) is 18.0 Å². The van der Waals surface area contributed by atoms with Crippen molar-refractivity contribution in [2.75, 3.05) is 31.3 Å². The fourth-order valence-electron chi connectivity index (χ4n) is 3.39. The number of anilines is 1. The van der Waals surface area contributed by atoms with Crippen LogP contribution in [0.2, 0.25) is 0 Å². The van der Waals surface area contributed by atoms with Gasteiger partial charge in [-0.25, -0.2) is 8.42 Å². The fourth-order valence-corrected chi connectivity index (χ4v) is 4.24. The lowest BCUT2D eigenvalue weighted by Crippen LogP contribution is -2.52. The van der Waals surface area contributed by atoms with Gasteiger partial charge in [0, 0.05) is 18.7 Å². The number of ether oxygens (including phenoxy) is 2. The molecule has 0 saturated carbocycles. The molecule has 2 rings (SSSR count). The van der Waals surface area contributed by atoms with Crippen molar-refractivity contribution < 1.29 is 27.5 Å². The highest BCUT2D eigenvalue weighted by atomic mass is 32.2. The zero-order chi connectivity index (χ0) is 26.2. The van der Waals surface area contributed by atoms with Crippen molar-refractivity contribution in [1.82, 2.24) is 10.2 Å². The molecule has 0 aliphatic heterocycles. The summed E-state index contributed by atoms with van der Waals surface area (Å²) >= 11 is 0. The number of amides is 2. The largest absolute Gasteiger partial charge is 0.497 e. The Balaban J connectivity index is 2.41. The third-order valence-electron chi connectivity index (χ3n) is 5.68. The van der Waals surface area contributed by atoms with E-state index in [1.165, 1.54) is 12.0 Å². The van der Waals surface area contributed by atoms with Gasteiger partial charge in [-0.05, 0) is 50.1 Å². The highest BCUT2D eigenvalue weighted by Gasteiger charge is 2.30. The van der Waals surface area contributed by atoms with Crippen LogP contribution in [-0.4, -0.2) is 64.2 Å². The van der Waals surface area contributed by atoms with Crippen molar-refractivity contribution in [2.24, 2.45) is 0 Å². The van der Waals surface area contributed by atoms with Crippen LogP contribution in [0.4, 0.5) is 5.69 Å². The molecule has 0 spiro atoms. The average molecular weight is 506 g/mol. The van der Waals surface area contributed by atoms with Gasteiger partial charge in [0.2, 0.25) is 21.8 Å². The van der Waals surface area contributed by atoms with Crippen molar-refractivity contribution >= 4 is 27.5 Å². The predicted octanol–water partition coefficient (Wildman–Crippen LogP) is 2.80. The van der Waals surface area contributed by atoms with Crippen LogP contribution in [-0.2, 0) is 26.2 Å². The van der Waals surface area contributed by atoms with Crippen LogP contribution in [0.5, 0.6) is 11.5 Å². The Morgan fingerprint density at radius 3 is 2.17 bits per heavy atom. The summed E-state index contributed by atoms with van der Waals surface area (Å²) in [6, 6.07) is 12.7. The third-order valence-corrected chi connectivity index (χ3v) is 6.82. The lowest BCUT2D eigenvalue weighted by molar-refractivity contribution is -0.139. The van der Waals surface area contributed by atoms with Gasteiger partial charge in [-0.3, -0.25) is 13.9 Å². The molecule has 0 saturated heterocycles. The number of nitrogens with one attached hydrogen (secondary N) is 1. The van der Waals surface area contributed by atoms with Crippen LogP contribution >= 0.6 is 0 Å². The monoisotopic (exact) mass is 505 g/mol. The molecule has 2 aromatic carbocycles. The van der Waals surface area contributed by atoms with Crippen LogP contribution in [0.3, 0.4) is 0 Å². The second-order valence-corrected chi connectivity index (χ2v) is 10.2. The zero-order valence-corrected chi connectivity index (χ0v) is 22.0. The first-order chi connectivity index (χ1) is 16.5. The van der Waals surface area contributed by atoms with E-state index in [0.717, 1.165) is 22.5 Å². The van der Waals surface area contributed by atoms with Gasteiger partial charge in [0.1, 0.15) is 24.1 Å². The van der Waals surface area contributed by atoms with E-state index >= 15 is 0 Å². The van der Waals surface area contributed by atoms with Crippen molar-refractivity contribution in [2.45, 2.75) is 45.8 Å². The number of hydrogen-bond donors (Lipinski definition) is 1. The smallest absolute Gasteiger partial charge is 0.244 e. The molecular formula is C25H35N3O6S. The van der Waals surface area contributed by atoms with Gasteiger partial charge in [-0.1, -0.05) is 25.1 Å². The lowest BCUT2D eigenvalue weighted by Gasteiger charge is -2.32. The normalized spacial score (nSPS) is 12.9. The topological polar surface area (TPSA) is 105 Å². The summed E-state index contributed by atoms with van der Waals surface area (Å²) in [4.78, 5) is 27.9. The van der Waals surface area contributed by atoms with Gasteiger partial charge in [-0.15, -0.1) is 0 Å². The molecule has 2 amide bonds. The third kappa shape index (κ3) is 7.88. The van der Waals surface area contributed by atoms with Crippen molar-refractivity contribution in [3.63, 3.8) is 0 Å². The van der Waals surface area contributed by atoms with Gasteiger partial charge in [-0.2, -0.15) is 0 Å². The highest BCUT2D eigenvalue weighted by molar-refractivity contribution is 7.92. The minimum atomic E-state index is -3.81. The molecule has 9 nitrogen and oxygen atoms in total. The number of benzene rings is 2. The van der Waals surface area contributed by atoms with Crippen LogP contribution in [0, 0.1) is 0 Å². The maximum atomic E-state index is 13.6. The highest BCUT2D eigenvalue weighted by Crippen LogP contribution is 2.24. The second-order valence-electron chi connectivity index (χ2n) is 8.34. The first-order valence-electron chi connectivity index (χ1n) is 11.3. The average Bonchev–Trinajstić information content (AvgIpc) is 2.84.